The maximum Gasteiger partial charge on any atom is 0.407 e. The van der Waals surface area contributed by atoms with E-state index < -0.39 is 11.7 Å². The van der Waals surface area contributed by atoms with Crippen LogP contribution >= 0.6 is 0 Å². The van der Waals surface area contributed by atoms with Crippen molar-refractivity contribution in [2.75, 3.05) is 24.6 Å². The van der Waals surface area contributed by atoms with Crippen molar-refractivity contribution in [1.29, 1.82) is 0 Å². The first-order valence-corrected chi connectivity index (χ1v) is 12.1. The van der Waals surface area contributed by atoms with E-state index in [1.54, 1.807) is 18.5 Å². The predicted molar refractivity (Wildman–Crippen MR) is 140 cm³/mol. The molecule has 1 amide bonds. The number of ether oxygens (including phenoxy) is 1. The Balaban J connectivity index is 1.35. The fourth-order valence-corrected chi connectivity index (χ4v) is 4.20. The summed E-state index contributed by atoms with van der Waals surface area (Å²) in [4.78, 5) is 35.6. The fourth-order valence-electron chi connectivity index (χ4n) is 4.20. The first kappa shape index (κ1) is 24.9. The van der Waals surface area contributed by atoms with Crippen LogP contribution in [-0.4, -0.2) is 35.8 Å². The third-order valence-electron chi connectivity index (χ3n) is 6.17. The van der Waals surface area contributed by atoms with E-state index in [1.165, 1.54) is 0 Å². The van der Waals surface area contributed by atoms with Gasteiger partial charge in [0.2, 0.25) is 0 Å². The number of nitrogens with one attached hydrogen (secondary N) is 1. The van der Waals surface area contributed by atoms with Crippen LogP contribution in [-0.2, 0) is 17.7 Å². The summed E-state index contributed by atoms with van der Waals surface area (Å²) < 4.78 is 10.9. The van der Waals surface area contributed by atoms with Gasteiger partial charge in [-0.05, 0) is 56.2 Å². The van der Waals surface area contributed by atoms with Gasteiger partial charge in [0.1, 0.15) is 5.58 Å². The average Bonchev–Trinajstić information content (AvgIpc) is 2.90. The first-order valence-electron chi connectivity index (χ1n) is 12.1. The van der Waals surface area contributed by atoms with E-state index >= 15 is 0 Å². The number of aryl methyl sites for hydroxylation is 1. The number of anilines is 1. The van der Waals surface area contributed by atoms with Gasteiger partial charge in [0.05, 0.1) is 6.61 Å². The molecule has 2 aromatic carbocycles. The quantitative estimate of drug-likeness (QED) is 0.337. The molecule has 0 atom stereocenters. The maximum atomic E-state index is 12.7. The zero-order valence-electron chi connectivity index (χ0n) is 20.8. The highest BCUT2D eigenvalue weighted by Crippen LogP contribution is 2.25. The first-order chi connectivity index (χ1) is 17.5. The topological polar surface area (TPSA) is 97.6 Å². The molecule has 4 aromatic rings. The lowest BCUT2D eigenvalue weighted by Gasteiger charge is -2.21. The van der Waals surface area contributed by atoms with E-state index in [2.05, 4.69) is 34.0 Å². The minimum Gasteiger partial charge on any atom is -0.449 e. The SMILES string of the molecule is CCN(CC)c1ccc2c(C)c(CCOC(=O)NCc3cccc(-c4ncccn4)c3)c(=O)oc2c1. The van der Waals surface area contributed by atoms with Crippen molar-refractivity contribution in [3.63, 3.8) is 0 Å². The molecule has 2 heterocycles. The van der Waals surface area contributed by atoms with Crippen molar-refractivity contribution in [3.05, 3.63) is 88.0 Å². The average molecular weight is 487 g/mol. The highest BCUT2D eigenvalue weighted by molar-refractivity contribution is 5.84. The Morgan fingerprint density at radius 1 is 1.06 bits per heavy atom. The van der Waals surface area contributed by atoms with E-state index in [0.717, 1.165) is 40.9 Å². The number of benzene rings is 2. The Bertz CT molecular complexity index is 1400. The van der Waals surface area contributed by atoms with Gasteiger partial charge in [-0.15, -0.1) is 0 Å². The summed E-state index contributed by atoms with van der Waals surface area (Å²) in [5.74, 6) is 0.621. The lowest BCUT2D eigenvalue weighted by atomic mass is 10.0. The van der Waals surface area contributed by atoms with Crippen LogP contribution in [0.4, 0.5) is 10.5 Å². The summed E-state index contributed by atoms with van der Waals surface area (Å²) in [6, 6.07) is 15.3. The monoisotopic (exact) mass is 486 g/mol. The third kappa shape index (κ3) is 5.71. The molecule has 1 N–H and O–H groups in total. The van der Waals surface area contributed by atoms with Crippen molar-refractivity contribution in [1.82, 2.24) is 15.3 Å². The van der Waals surface area contributed by atoms with E-state index in [4.69, 9.17) is 9.15 Å². The Kier molecular flexibility index (Phi) is 7.95. The number of carbonyl (C=O) groups excluding carboxylic acids is 1. The Morgan fingerprint density at radius 2 is 1.83 bits per heavy atom. The van der Waals surface area contributed by atoms with E-state index in [-0.39, 0.29) is 13.0 Å². The zero-order valence-corrected chi connectivity index (χ0v) is 20.8. The predicted octanol–water partition coefficient (Wildman–Crippen LogP) is 4.87. The standard InChI is InChI=1S/C28H30N4O4/c1-4-32(5-2)22-10-11-23-19(3)24(27(33)36-25(23)17-22)12-15-35-28(34)31-18-20-8-6-9-21(16-20)26-29-13-7-14-30-26/h6-11,13-14,16-17H,4-5,12,15,18H2,1-3H3,(H,31,34). The molecule has 36 heavy (non-hydrogen) atoms. The van der Waals surface area contributed by atoms with Crippen molar-refractivity contribution in [2.45, 2.75) is 33.7 Å². The van der Waals surface area contributed by atoms with Crippen LogP contribution in [0.5, 0.6) is 0 Å². The minimum atomic E-state index is -0.553. The van der Waals surface area contributed by atoms with Gasteiger partial charge in [-0.3, -0.25) is 0 Å². The number of amides is 1. The van der Waals surface area contributed by atoms with Crippen LogP contribution in [0.15, 0.2) is 70.1 Å². The van der Waals surface area contributed by atoms with Crippen molar-refractivity contribution >= 4 is 22.7 Å². The van der Waals surface area contributed by atoms with Gasteiger partial charge >= 0.3 is 11.7 Å². The second kappa shape index (κ2) is 11.5. The molecule has 0 aliphatic rings. The van der Waals surface area contributed by atoms with E-state index in [9.17, 15) is 9.59 Å². The lowest BCUT2D eigenvalue weighted by Crippen LogP contribution is -2.25. The van der Waals surface area contributed by atoms with Crippen LogP contribution in [0.25, 0.3) is 22.4 Å². The van der Waals surface area contributed by atoms with Gasteiger partial charge in [-0.2, -0.15) is 0 Å². The van der Waals surface area contributed by atoms with Crippen LogP contribution in [0.1, 0.15) is 30.5 Å². The summed E-state index contributed by atoms with van der Waals surface area (Å²) in [6.07, 6.45) is 3.09. The highest BCUT2D eigenvalue weighted by atomic mass is 16.5. The molecule has 8 heteroatoms. The van der Waals surface area contributed by atoms with Crippen LogP contribution in [0.2, 0.25) is 0 Å². The van der Waals surface area contributed by atoms with Gasteiger partial charge < -0.3 is 19.4 Å². The van der Waals surface area contributed by atoms with Crippen molar-refractivity contribution in [3.8, 4) is 11.4 Å². The molecule has 186 valence electrons. The van der Waals surface area contributed by atoms with Crippen molar-refractivity contribution in [2.24, 2.45) is 0 Å². The number of rotatable bonds is 9. The van der Waals surface area contributed by atoms with Gasteiger partial charge in [0, 0.05) is 66.7 Å². The fraction of sp³-hybridized carbons (Fsp3) is 0.286. The number of aromatic nitrogens is 2. The molecule has 0 radical (unpaired) electrons. The molecule has 0 saturated heterocycles. The summed E-state index contributed by atoms with van der Waals surface area (Å²) in [5, 5.41) is 3.62. The molecule has 0 aliphatic carbocycles. The Hall–Kier alpha value is -4.20. The smallest absolute Gasteiger partial charge is 0.407 e. The van der Waals surface area contributed by atoms with Gasteiger partial charge in [-0.25, -0.2) is 19.6 Å². The Labute approximate surface area is 210 Å². The number of alkyl carbamates (subject to hydrolysis) is 1. The molecular weight excluding hydrogens is 456 g/mol. The lowest BCUT2D eigenvalue weighted by molar-refractivity contribution is 0.146. The van der Waals surface area contributed by atoms with E-state index in [1.807, 2.05) is 49.4 Å². The third-order valence-corrected chi connectivity index (χ3v) is 6.17. The summed E-state index contributed by atoms with van der Waals surface area (Å²) in [5.41, 5.74) is 4.30. The second-order valence-electron chi connectivity index (χ2n) is 8.36. The van der Waals surface area contributed by atoms with Crippen LogP contribution in [0.3, 0.4) is 0 Å². The molecule has 0 bridgehead atoms. The maximum absolute atomic E-state index is 12.7. The number of nitrogens with zero attached hydrogens (tertiary/aromatic N) is 3. The molecule has 0 fully saturated rings. The number of hydrogen-bond donors (Lipinski definition) is 1. The summed E-state index contributed by atoms with van der Waals surface area (Å²) >= 11 is 0. The van der Waals surface area contributed by atoms with Gasteiger partial charge in [0.15, 0.2) is 5.82 Å². The zero-order chi connectivity index (χ0) is 25.5. The van der Waals surface area contributed by atoms with Crippen LogP contribution < -0.4 is 15.8 Å². The highest BCUT2D eigenvalue weighted by Gasteiger charge is 2.14. The van der Waals surface area contributed by atoms with Crippen LogP contribution in [0, 0.1) is 6.92 Å². The molecule has 0 unspecified atom stereocenters. The molecule has 4 rings (SSSR count). The van der Waals surface area contributed by atoms with E-state index in [0.29, 0.717) is 23.5 Å². The van der Waals surface area contributed by atoms with Crippen molar-refractivity contribution < 1.29 is 13.9 Å². The Morgan fingerprint density at radius 3 is 2.58 bits per heavy atom. The number of carbonyl (C=O) groups is 1. The molecular formula is C28H30N4O4. The van der Waals surface area contributed by atoms with Gasteiger partial charge in [-0.1, -0.05) is 18.2 Å². The molecule has 0 saturated carbocycles. The normalized spacial score (nSPS) is 10.9. The second-order valence-corrected chi connectivity index (χ2v) is 8.36. The number of hydrogen-bond acceptors (Lipinski definition) is 7. The van der Waals surface area contributed by atoms with Gasteiger partial charge in [0.25, 0.3) is 0 Å². The largest absolute Gasteiger partial charge is 0.449 e. The molecule has 8 nitrogen and oxygen atoms in total. The molecule has 0 aliphatic heterocycles. The molecule has 2 aromatic heterocycles. The number of fused-ring (bicyclic) bond motifs is 1. The summed E-state index contributed by atoms with van der Waals surface area (Å²) in [7, 11) is 0. The minimum absolute atomic E-state index is 0.0678. The molecule has 0 spiro atoms. The summed E-state index contributed by atoms with van der Waals surface area (Å²) in [6.45, 7) is 8.18.